The molecule has 1 aromatic rings. The Morgan fingerprint density at radius 3 is 2.74 bits per heavy atom. The lowest BCUT2D eigenvalue weighted by Gasteiger charge is -2.30. The van der Waals surface area contributed by atoms with E-state index in [1.54, 1.807) is 4.98 Å². The topological polar surface area (TPSA) is 200 Å². The highest BCUT2D eigenvalue weighted by Crippen LogP contribution is 2.32. The molecule has 1 aliphatic heterocycles. The first-order valence-electron chi connectivity index (χ1n) is 6.08. The molecular formula is C9H10N3O10P-2. The van der Waals surface area contributed by atoms with Crippen LogP contribution in [0.15, 0.2) is 15.8 Å². The van der Waals surface area contributed by atoms with Crippen LogP contribution in [0.4, 0.5) is 5.69 Å². The van der Waals surface area contributed by atoms with Gasteiger partial charge in [-0.25, -0.2) is 4.79 Å². The van der Waals surface area contributed by atoms with E-state index in [4.69, 9.17) is 4.74 Å². The van der Waals surface area contributed by atoms with Crippen molar-refractivity contribution in [2.24, 2.45) is 0 Å². The van der Waals surface area contributed by atoms with Gasteiger partial charge in [0.2, 0.25) is 0 Å². The number of H-pyrrole nitrogens is 1. The van der Waals surface area contributed by atoms with E-state index < -0.39 is 54.7 Å². The molecule has 1 aliphatic rings. The Morgan fingerprint density at radius 1 is 1.52 bits per heavy atom. The van der Waals surface area contributed by atoms with Crippen molar-refractivity contribution in [3.05, 3.63) is 37.1 Å². The number of nitrogens with zero attached hydrogens (tertiary/aromatic N) is 2. The smallest absolute Gasteiger partial charge is 0.350 e. The minimum atomic E-state index is -5.27. The van der Waals surface area contributed by atoms with Gasteiger partial charge in [0.15, 0.2) is 0 Å². The molecule has 0 saturated carbocycles. The van der Waals surface area contributed by atoms with Crippen LogP contribution in [0.3, 0.4) is 0 Å². The van der Waals surface area contributed by atoms with Crippen molar-refractivity contribution in [2.75, 3.05) is 6.61 Å². The van der Waals surface area contributed by atoms with Crippen LogP contribution in [0.25, 0.3) is 0 Å². The van der Waals surface area contributed by atoms with E-state index in [1.165, 1.54) is 0 Å². The van der Waals surface area contributed by atoms with Gasteiger partial charge in [-0.05, 0) is 0 Å². The van der Waals surface area contributed by atoms with Crippen LogP contribution in [0.2, 0.25) is 0 Å². The molecule has 2 N–H and O–H groups in total. The number of ether oxygens (including phenoxy) is 1. The van der Waals surface area contributed by atoms with E-state index in [-0.39, 0.29) is 6.42 Å². The number of aliphatic hydroxyl groups excluding tert-OH is 1. The van der Waals surface area contributed by atoms with Crippen molar-refractivity contribution < 1.29 is 33.6 Å². The fraction of sp³-hybridized carbons (Fsp3) is 0.556. The van der Waals surface area contributed by atoms with Gasteiger partial charge in [-0.3, -0.25) is 24.5 Å². The fourth-order valence-corrected chi connectivity index (χ4v) is 2.35. The molecule has 0 amide bonds. The van der Waals surface area contributed by atoms with Crippen molar-refractivity contribution >= 4 is 13.5 Å². The Labute approximate surface area is 126 Å². The second-order valence-corrected chi connectivity index (χ2v) is 5.77. The van der Waals surface area contributed by atoms with Crippen LogP contribution in [-0.2, 0) is 13.8 Å². The lowest BCUT2D eigenvalue weighted by Crippen LogP contribution is -2.33. The number of phosphoric acid groups is 1. The number of hydrogen-bond donors (Lipinski definition) is 2. The minimum Gasteiger partial charge on any atom is -0.790 e. The van der Waals surface area contributed by atoms with Gasteiger partial charge in [0, 0.05) is 6.42 Å². The summed E-state index contributed by atoms with van der Waals surface area (Å²) in [5, 5.41) is 20.4. The van der Waals surface area contributed by atoms with Crippen LogP contribution in [-0.4, -0.2) is 38.4 Å². The summed E-state index contributed by atoms with van der Waals surface area (Å²) < 4.78 is 20.2. The Balaban J connectivity index is 2.22. The van der Waals surface area contributed by atoms with E-state index >= 15 is 0 Å². The maximum Gasteiger partial charge on any atom is 0.350 e. The Morgan fingerprint density at radius 2 is 2.17 bits per heavy atom. The van der Waals surface area contributed by atoms with Crippen molar-refractivity contribution in [2.45, 2.75) is 24.9 Å². The molecule has 0 unspecified atom stereocenters. The number of phosphoric ester groups is 1. The summed E-state index contributed by atoms with van der Waals surface area (Å²) in [5.74, 6) is 0. The summed E-state index contributed by atoms with van der Waals surface area (Å²) in [6.07, 6.45) is -3.33. The number of aliphatic hydroxyl groups is 1. The molecule has 0 radical (unpaired) electrons. The van der Waals surface area contributed by atoms with Crippen molar-refractivity contribution in [3.63, 3.8) is 0 Å². The van der Waals surface area contributed by atoms with Gasteiger partial charge < -0.3 is 28.7 Å². The van der Waals surface area contributed by atoms with Crippen LogP contribution in [0.1, 0.15) is 12.6 Å². The molecule has 128 valence electrons. The van der Waals surface area contributed by atoms with Gasteiger partial charge >= 0.3 is 16.9 Å². The SMILES string of the molecule is O=c1[nH]c(=O)n([C@H]2C[C@H](O)[C@@H](COP(=O)([O-])[O-])O2)cc1[N+](=O)[O-]. The molecule has 13 nitrogen and oxygen atoms in total. The molecule has 23 heavy (non-hydrogen) atoms. The fourth-order valence-electron chi connectivity index (χ4n) is 2.02. The summed E-state index contributed by atoms with van der Waals surface area (Å²) in [6.45, 7) is -0.776. The molecule has 0 spiro atoms. The lowest BCUT2D eigenvalue weighted by molar-refractivity contribution is -0.387. The number of aromatic nitrogens is 2. The predicted octanol–water partition coefficient (Wildman–Crippen LogP) is -3.06. The molecule has 14 heteroatoms. The number of rotatable bonds is 5. The summed E-state index contributed by atoms with van der Waals surface area (Å²) in [4.78, 5) is 55.2. The highest BCUT2D eigenvalue weighted by molar-refractivity contribution is 7.43. The van der Waals surface area contributed by atoms with E-state index in [2.05, 4.69) is 4.52 Å². The van der Waals surface area contributed by atoms with Gasteiger partial charge in [0.25, 0.3) is 0 Å². The zero-order valence-corrected chi connectivity index (χ0v) is 12.1. The summed E-state index contributed by atoms with van der Waals surface area (Å²) in [5.41, 5.74) is -3.13. The van der Waals surface area contributed by atoms with Crippen LogP contribution < -0.4 is 21.0 Å². The second-order valence-electron chi connectivity index (χ2n) is 4.61. The standard InChI is InChI=1S/C9H12N3O10P/c13-5-1-7(22-6(5)3-21-23(18,19)20)11-2-4(12(16)17)8(14)10-9(11)15/h2,5-7,13H,1,3H2,(H,10,14,15)(H2,18,19,20)/p-2/t5-,6+,7+/m0/s1. The lowest BCUT2D eigenvalue weighted by atomic mass is 10.2. The minimum absolute atomic E-state index is 0.237. The highest BCUT2D eigenvalue weighted by atomic mass is 31.2. The average molecular weight is 351 g/mol. The zero-order valence-electron chi connectivity index (χ0n) is 11.2. The summed E-state index contributed by atoms with van der Waals surface area (Å²) >= 11 is 0. The Bertz CT molecular complexity index is 766. The van der Waals surface area contributed by atoms with Gasteiger partial charge in [-0.2, -0.15) is 0 Å². The van der Waals surface area contributed by atoms with Crippen molar-refractivity contribution in [1.29, 1.82) is 0 Å². The molecule has 1 fully saturated rings. The summed E-state index contributed by atoms with van der Waals surface area (Å²) in [6, 6.07) is 0. The molecule has 1 aromatic heterocycles. The number of nitrogens with one attached hydrogen (secondary N) is 1. The third-order valence-electron chi connectivity index (χ3n) is 3.06. The quantitative estimate of drug-likeness (QED) is 0.311. The largest absolute Gasteiger partial charge is 0.790 e. The maximum atomic E-state index is 11.7. The molecule has 0 aromatic carbocycles. The Kier molecular flexibility index (Phi) is 4.79. The van der Waals surface area contributed by atoms with E-state index in [0.717, 1.165) is 0 Å². The molecule has 0 bridgehead atoms. The molecule has 0 aliphatic carbocycles. The number of nitro groups is 1. The van der Waals surface area contributed by atoms with Gasteiger partial charge in [0.05, 0.1) is 31.7 Å². The third kappa shape index (κ3) is 4.10. The molecule has 2 heterocycles. The van der Waals surface area contributed by atoms with Gasteiger partial charge in [0.1, 0.15) is 12.3 Å². The van der Waals surface area contributed by atoms with E-state index in [9.17, 15) is 39.2 Å². The number of hydrogen-bond acceptors (Lipinski definition) is 10. The van der Waals surface area contributed by atoms with Crippen LogP contribution in [0.5, 0.6) is 0 Å². The second kappa shape index (κ2) is 6.31. The molecular weight excluding hydrogens is 341 g/mol. The first-order valence-corrected chi connectivity index (χ1v) is 7.54. The monoisotopic (exact) mass is 351 g/mol. The molecule has 3 atom stereocenters. The first-order chi connectivity index (χ1) is 10.6. The third-order valence-corrected chi connectivity index (χ3v) is 3.52. The van der Waals surface area contributed by atoms with Crippen LogP contribution in [0, 0.1) is 10.1 Å². The summed E-state index contributed by atoms with van der Waals surface area (Å²) in [7, 11) is -5.27. The Hall–Kier alpha value is -1.89. The van der Waals surface area contributed by atoms with E-state index in [0.29, 0.717) is 10.8 Å². The highest BCUT2D eigenvalue weighted by Gasteiger charge is 2.36. The molecule has 2 rings (SSSR count). The zero-order chi connectivity index (χ0) is 17.4. The normalized spacial score (nSPS) is 24.7. The van der Waals surface area contributed by atoms with Gasteiger partial charge in [-0.1, -0.05) is 0 Å². The predicted molar refractivity (Wildman–Crippen MR) is 66.1 cm³/mol. The van der Waals surface area contributed by atoms with Crippen LogP contribution >= 0.6 is 7.82 Å². The van der Waals surface area contributed by atoms with Crippen molar-refractivity contribution in [1.82, 2.24) is 9.55 Å². The number of aromatic amines is 1. The maximum absolute atomic E-state index is 11.7. The first kappa shape index (κ1) is 17.5. The van der Waals surface area contributed by atoms with E-state index in [1.807, 2.05) is 0 Å². The van der Waals surface area contributed by atoms with Crippen molar-refractivity contribution in [3.8, 4) is 0 Å². The average Bonchev–Trinajstić information content (AvgIpc) is 2.76. The van der Waals surface area contributed by atoms with Gasteiger partial charge in [-0.15, -0.1) is 0 Å². The molecule has 1 saturated heterocycles.